The molecule has 1 atom stereocenters. The first kappa shape index (κ1) is 24.6. The highest BCUT2D eigenvalue weighted by atomic mass is 32.2. The van der Waals surface area contributed by atoms with Crippen LogP contribution < -0.4 is 19.1 Å². The second-order valence-electron chi connectivity index (χ2n) is 8.68. The van der Waals surface area contributed by atoms with Crippen LogP contribution in [0, 0.1) is 0 Å². The van der Waals surface area contributed by atoms with Crippen LogP contribution in [0.25, 0.3) is 0 Å². The molecule has 1 N–H and O–H groups in total. The Bertz CT molecular complexity index is 1260. The molecule has 0 aliphatic carbocycles. The predicted octanol–water partition coefficient (Wildman–Crippen LogP) is 4.10. The molecule has 3 aromatic carbocycles. The average Bonchev–Trinajstić information content (AvgIpc) is 2.86. The molecule has 0 saturated carbocycles. The summed E-state index contributed by atoms with van der Waals surface area (Å²) in [5.41, 5.74) is 2.21. The van der Waals surface area contributed by atoms with Crippen molar-refractivity contribution in [2.24, 2.45) is 0 Å². The van der Waals surface area contributed by atoms with Gasteiger partial charge in [0.2, 0.25) is 10.0 Å². The number of fused-ring (bicyclic) bond motifs is 1. The number of carbonyl (C=O) groups excluding carboxylic acids is 1. The van der Waals surface area contributed by atoms with Crippen molar-refractivity contribution in [1.29, 1.82) is 0 Å². The van der Waals surface area contributed by atoms with Gasteiger partial charge < -0.3 is 14.8 Å². The fourth-order valence-electron chi connectivity index (χ4n) is 4.00. The number of anilines is 1. The molecule has 0 aromatic heterocycles. The summed E-state index contributed by atoms with van der Waals surface area (Å²) in [5, 5.41) is 2.81. The smallest absolute Gasteiger partial charge is 0.263 e. The zero-order chi connectivity index (χ0) is 24.8. The number of para-hydroxylation sites is 3. The quantitative estimate of drug-likeness (QED) is 0.453. The van der Waals surface area contributed by atoms with Crippen molar-refractivity contribution in [3.05, 3.63) is 90.0 Å². The topological polar surface area (TPSA) is 84.9 Å². The minimum atomic E-state index is -3.74. The maximum absolute atomic E-state index is 13.3. The van der Waals surface area contributed by atoms with E-state index >= 15 is 0 Å². The molecule has 1 amide bonds. The first-order valence-electron chi connectivity index (χ1n) is 11.6. The highest BCUT2D eigenvalue weighted by molar-refractivity contribution is 7.92. The third-order valence-corrected chi connectivity index (χ3v) is 7.47. The number of benzene rings is 3. The maximum atomic E-state index is 13.3. The van der Waals surface area contributed by atoms with Crippen LogP contribution in [-0.2, 0) is 20.6 Å². The number of carbonyl (C=O) groups is 1. The Kier molecular flexibility index (Phi) is 7.60. The Balaban J connectivity index is 1.42. The van der Waals surface area contributed by atoms with E-state index in [1.807, 2.05) is 30.3 Å². The fraction of sp³-hybridized carbons (Fsp3) is 0.296. The van der Waals surface area contributed by atoms with E-state index < -0.39 is 16.1 Å². The molecule has 35 heavy (non-hydrogen) atoms. The monoisotopic (exact) mass is 494 g/mol. The highest BCUT2D eigenvalue weighted by Gasteiger charge is 2.36. The number of rotatable bonds is 9. The maximum Gasteiger partial charge on any atom is 0.263 e. The van der Waals surface area contributed by atoms with Crippen LogP contribution in [0.3, 0.4) is 0 Å². The molecule has 0 unspecified atom stereocenters. The van der Waals surface area contributed by atoms with E-state index in [9.17, 15) is 13.2 Å². The van der Waals surface area contributed by atoms with E-state index in [1.165, 1.54) is 4.31 Å². The lowest BCUT2D eigenvalue weighted by Crippen LogP contribution is -2.51. The summed E-state index contributed by atoms with van der Waals surface area (Å²) < 4.78 is 39.6. The van der Waals surface area contributed by atoms with Gasteiger partial charge in [0, 0.05) is 0 Å². The second-order valence-corrected chi connectivity index (χ2v) is 10.6. The van der Waals surface area contributed by atoms with Gasteiger partial charge in [-0.25, -0.2) is 8.42 Å². The molecular formula is C27H30N2O5S. The van der Waals surface area contributed by atoms with Crippen LogP contribution in [0.1, 0.15) is 30.9 Å². The molecular weight excluding hydrogens is 464 g/mol. The molecule has 1 aliphatic rings. The van der Waals surface area contributed by atoms with E-state index in [0.29, 0.717) is 22.9 Å². The molecule has 1 heterocycles. The second kappa shape index (κ2) is 10.8. The van der Waals surface area contributed by atoms with Gasteiger partial charge in [0.1, 0.15) is 18.1 Å². The third kappa shape index (κ3) is 5.95. The first-order chi connectivity index (χ1) is 16.8. The summed E-state index contributed by atoms with van der Waals surface area (Å²) in [6.45, 7) is 4.65. The molecule has 7 nitrogen and oxygen atoms in total. The molecule has 0 bridgehead atoms. The molecule has 4 rings (SSSR count). The predicted molar refractivity (Wildman–Crippen MR) is 136 cm³/mol. The van der Waals surface area contributed by atoms with Crippen LogP contribution in [0.15, 0.2) is 78.9 Å². The average molecular weight is 495 g/mol. The van der Waals surface area contributed by atoms with Crippen molar-refractivity contribution in [1.82, 2.24) is 5.32 Å². The lowest BCUT2D eigenvalue weighted by atomic mass is 10.0. The lowest BCUT2D eigenvalue weighted by molar-refractivity contribution is -0.127. The Hall–Kier alpha value is -3.52. The number of nitrogens with zero attached hydrogens (tertiary/aromatic N) is 1. The molecule has 0 fully saturated rings. The van der Waals surface area contributed by atoms with Gasteiger partial charge in [0.25, 0.3) is 5.91 Å². The largest absolute Gasteiger partial charge is 0.491 e. The Labute approximate surface area is 206 Å². The van der Waals surface area contributed by atoms with E-state index in [0.717, 1.165) is 11.3 Å². The van der Waals surface area contributed by atoms with Gasteiger partial charge in [0.05, 0.1) is 24.5 Å². The minimum Gasteiger partial charge on any atom is -0.491 e. The van der Waals surface area contributed by atoms with Gasteiger partial charge in [-0.05, 0) is 35.2 Å². The van der Waals surface area contributed by atoms with Crippen molar-refractivity contribution < 1.29 is 22.7 Å². The summed E-state index contributed by atoms with van der Waals surface area (Å²) in [6.07, 6.45) is -0.974. The minimum absolute atomic E-state index is 0.102. The lowest BCUT2D eigenvalue weighted by Gasteiger charge is -2.34. The van der Waals surface area contributed by atoms with Crippen LogP contribution in [0.4, 0.5) is 5.69 Å². The van der Waals surface area contributed by atoms with Gasteiger partial charge in [0.15, 0.2) is 6.10 Å². The van der Waals surface area contributed by atoms with Crippen molar-refractivity contribution in [3.8, 4) is 11.5 Å². The zero-order valence-electron chi connectivity index (χ0n) is 19.9. The molecule has 3 aromatic rings. The van der Waals surface area contributed by atoms with Crippen molar-refractivity contribution in [3.63, 3.8) is 0 Å². The number of ether oxygens (including phenoxy) is 2. The number of sulfonamides is 1. The Morgan fingerprint density at radius 3 is 2.49 bits per heavy atom. The molecule has 0 radical (unpaired) electrons. The van der Waals surface area contributed by atoms with Crippen LogP contribution in [0.5, 0.6) is 11.5 Å². The molecule has 1 aliphatic heterocycles. The SMILES string of the molecule is CC(C)c1ccccc1OCCNC(=O)[C@H]1CN(S(=O)(=O)Cc2ccccc2)c2ccccc2O1. The zero-order valence-corrected chi connectivity index (χ0v) is 20.7. The Morgan fingerprint density at radius 1 is 1.03 bits per heavy atom. The summed E-state index contributed by atoms with van der Waals surface area (Å²) in [5.74, 6) is 0.912. The molecule has 0 saturated heterocycles. The number of hydrogen-bond donors (Lipinski definition) is 1. The Morgan fingerprint density at radius 2 is 1.71 bits per heavy atom. The van der Waals surface area contributed by atoms with Gasteiger partial charge in [-0.2, -0.15) is 0 Å². The van der Waals surface area contributed by atoms with E-state index in [1.54, 1.807) is 48.5 Å². The normalized spacial score (nSPS) is 15.3. The van der Waals surface area contributed by atoms with Crippen LogP contribution >= 0.6 is 0 Å². The number of hydrogen-bond acceptors (Lipinski definition) is 5. The fourth-order valence-corrected chi connectivity index (χ4v) is 5.59. The summed E-state index contributed by atoms with van der Waals surface area (Å²) >= 11 is 0. The van der Waals surface area contributed by atoms with Gasteiger partial charge in [-0.3, -0.25) is 9.10 Å². The summed E-state index contributed by atoms with van der Waals surface area (Å²) in [6, 6.07) is 23.7. The van der Waals surface area contributed by atoms with Gasteiger partial charge in [-0.1, -0.05) is 74.5 Å². The number of amides is 1. The third-order valence-electron chi connectivity index (χ3n) is 5.75. The van der Waals surface area contributed by atoms with Crippen molar-refractivity contribution >= 4 is 21.6 Å². The highest BCUT2D eigenvalue weighted by Crippen LogP contribution is 2.35. The number of nitrogens with one attached hydrogen (secondary N) is 1. The van der Waals surface area contributed by atoms with Gasteiger partial charge in [-0.15, -0.1) is 0 Å². The van der Waals surface area contributed by atoms with E-state index in [2.05, 4.69) is 19.2 Å². The van der Waals surface area contributed by atoms with E-state index in [4.69, 9.17) is 9.47 Å². The van der Waals surface area contributed by atoms with Crippen LogP contribution in [-0.4, -0.2) is 40.1 Å². The molecule has 0 spiro atoms. The molecule has 8 heteroatoms. The standard InChI is InChI=1S/C27H30N2O5S/c1-20(2)22-12-6-8-14-24(22)33-17-16-28-27(30)26-18-29(23-13-7-9-15-25(23)34-26)35(31,32)19-21-10-4-3-5-11-21/h3-15,20,26H,16-19H2,1-2H3,(H,28,30)/t26-/m1/s1. The summed E-state index contributed by atoms with van der Waals surface area (Å²) in [7, 11) is -3.74. The first-order valence-corrected chi connectivity index (χ1v) is 13.3. The van der Waals surface area contributed by atoms with E-state index in [-0.39, 0.29) is 31.4 Å². The van der Waals surface area contributed by atoms with Crippen LogP contribution in [0.2, 0.25) is 0 Å². The van der Waals surface area contributed by atoms with Crippen molar-refractivity contribution in [2.45, 2.75) is 31.6 Å². The molecule has 184 valence electrons. The van der Waals surface area contributed by atoms with Crippen molar-refractivity contribution in [2.75, 3.05) is 24.0 Å². The summed E-state index contributed by atoms with van der Waals surface area (Å²) in [4.78, 5) is 12.9. The van der Waals surface area contributed by atoms with Gasteiger partial charge >= 0.3 is 0 Å².